The molecule has 2 aromatic carbocycles. The summed E-state index contributed by atoms with van der Waals surface area (Å²) in [6.07, 6.45) is 3.25. The van der Waals surface area contributed by atoms with Crippen molar-refractivity contribution in [2.45, 2.75) is 24.7 Å². The molecule has 3 heteroatoms. The molecule has 2 aromatic rings. The molecule has 2 N–H and O–H groups in total. The van der Waals surface area contributed by atoms with Crippen LogP contribution in [0.3, 0.4) is 0 Å². The number of hydrogen-bond acceptors (Lipinski definition) is 2. The highest BCUT2D eigenvalue weighted by Crippen LogP contribution is 2.68. The smallest absolute Gasteiger partial charge is 0.226 e. The van der Waals surface area contributed by atoms with E-state index >= 15 is 0 Å². The number of hydrogen-bond donors (Lipinski definition) is 1. The van der Waals surface area contributed by atoms with Crippen LogP contribution in [-0.2, 0) is 10.2 Å². The molecule has 2 fully saturated rings. The van der Waals surface area contributed by atoms with Crippen molar-refractivity contribution in [3.63, 3.8) is 0 Å². The van der Waals surface area contributed by atoms with Crippen molar-refractivity contribution < 1.29 is 4.79 Å². The van der Waals surface area contributed by atoms with Gasteiger partial charge in [0.15, 0.2) is 0 Å². The molecule has 24 heavy (non-hydrogen) atoms. The van der Waals surface area contributed by atoms with Crippen molar-refractivity contribution in [3.05, 3.63) is 71.8 Å². The van der Waals surface area contributed by atoms with E-state index in [-0.39, 0.29) is 11.3 Å². The van der Waals surface area contributed by atoms with Crippen molar-refractivity contribution in [2.75, 3.05) is 19.6 Å². The van der Waals surface area contributed by atoms with Gasteiger partial charge in [-0.15, -0.1) is 0 Å². The molecule has 1 aliphatic carbocycles. The van der Waals surface area contributed by atoms with Gasteiger partial charge in [0, 0.05) is 12.0 Å². The molecular weight excluding hydrogens is 296 g/mol. The zero-order valence-electron chi connectivity index (χ0n) is 13.9. The minimum atomic E-state index is -0.500. The van der Waals surface area contributed by atoms with Gasteiger partial charge in [0.2, 0.25) is 5.91 Å². The highest BCUT2D eigenvalue weighted by molar-refractivity contribution is 5.89. The lowest BCUT2D eigenvalue weighted by Gasteiger charge is -2.28. The van der Waals surface area contributed by atoms with Crippen LogP contribution in [0, 0.1) is 5.41 Å². The van der Waals surface area contributed by atoms with E-state index in [0.29, 0.717) is 0 Å². The monoisotopic (exact) mass is 320 g/mol. The Kier molecular flexibility index (Phi) is 3.69. The van der Waals surface area contributed by atoms with E-state index < -0.39 is 5.41 Å². The summed E-state index contributed by atoms with van der Waals surface area (Å²) in [7, 11) is 0. The van der Waals surface area contributed by atoms with Gasteiger partial charge in [0.05, 0.1) is 5.41 Å². The Balaban J connectivity index is 1.81. The molecule has 3 nitrogen and oxygen atoms in total. The fourth-order valence-corrected chi connectivity index (χ4v) is 4.67. The van der Waals surface area contributed by atoms with Crippen molar-refractivity contribution in [3.8, 4) is 0 Å². The largest absolute Gasteiger partial charge is 0.369 e. The molecule has 1 atom stereocenters. The summed E-state index contributed by atoms with van der Waals surface area (Å²) >= 11 is 0. The third-order valence-corrected chi connectivity index (χ3v) is 5.96. The average molecular weight is 320 g/mol. The second kappa shape index (κ2) is 5.75. The van der Waals surface area contributed by atoms with E-state index in [2.05, 4.69) is 53.4 Å². The molecule has 0 bridgehead atoms. The highest BCUT2D eigenvalue weighted by Gasteiger charge is 2.72. The summed E-state index contributed by atoms with van der Waals surface area (Å²) in [5.41, 5.74) is 7.61. The molecule has 1 saturated carbocycles. The summed E-state index contributed by atoms with van der Waals surface area (Å²) in [4.78, 5) is 15.0. The second-order valence-corrected chi connectivity index (χ2v) is 7.24. The molecule has 0 radical (unpaired) electrons. The summed E-state index contributed by atoms with van der Waals surface area (Å²) < 4.78 is 0. The number of carbonyl (C=O) groups excluding carboxylic acids is 1. The number of primary amides is 1. The van der Waals surface area contributed by atoms with Crippen molar-refractivity contribution in [2.24, 2.45) is 11.1 Å². The summed E-state index contributed by atoms with van der Waals surface area (Å²) in [6, 6.07) is 20.8. The third-order valence-electron chi connectivity index (χ3n) is 5.96. The minimum Gasteiger partial charge on any atom is -0.369 e. The van der Waals surface area contributed by atoms with Crippen molar-refractivity contribution in [1.82, 2.24) is 4.90 Å². The predicted octanol–water partition coefficient (Wildman–Crippen LogP) is 2.94. The Hall–Kier alpha value is -2.13. The van der Waals surface area contributed by atoms with Crippen LogP contribution >= 0.6 is 0 Å². The maximum absolute atomic E-state index is 12.6. The molecule has 1 unspecified atom stereocenters. The van der Waals surface area contributed by atoms with Crippen molar-refractivity contribution in [1.29, 1.82) is 0 Å². The van der Waals surface area contributed by atoms with Gasteiger partial charge in [-0.3, -0.25) is 4.79 Å². The van der Waals surface area contributed by atoms with Crippen LogP contribution in [0.5, 0.6) is 0 Å². The predicted molar refractivity (Wildman–Crippen MR) is 95.6 cm³/mol. The fourth-order valence-electron chi connectivity index (χ4n) is 4.67. The minimum absolute atomic E-state index is 0.165. The van der Waals surface area contributed by atoms with Crippen LogP contribution < -0.4 is 5.73 Å². The van der Waals surface area contributed by atoms with Gasteiger partial charge in [-0.2, -0.15) is 0 Å². The van der Waals surface area contributed by atoms with Crippen LogP contribution in [0.4, 0.5) is 0 Å². The summed E-state index contributed by atoms with van der Waals surface area (Å²) in [6.45, 7) is 2.93. The molecule has 1 amide bonds. The maximum atomic E-state index is 12.6. The standard InChI is InChI=1S/C21H24N2O/c22-19(24)20(16-23-13-7-8-14-23)15-21(20,17-9-3-1-4-10-17)18-11-5-2-6-12-18/h1-6,9-12H,7-8,13-16H2,(H2,22,24). The number of likely N-dealkylation sites (tertiary alicyclic amines) is 1. The number of nitrogens with zero attached hydrogens (tertiary/aromatic N) is 1. The zero-order chi connectivity index (χ0) is 16.6. The Labute approximate surface area is 143 Å². The van der Waals surface area contributed by atoms with Crippen LogP contribution in [0.15, 0.2) is 60.7 Å². The second-order valence-electron chi connectivity index (χ2n) is 7.24. The lowest BCUT2D eigenvalue weighted by Crippen LogP contribution is -2.42. The Morgan fingerprint density at radius 1 is 0.917 bits per heavy atom. The molecule has 1 saturated heterocycles. The molecule has 1 heterocycles. The maximum Gasteiger partial charge on any atom is 0.226 e. The van der Waals surface area contributed by atoms with E-state index in [9.17, 15) is 4.79 Å². The number of benzene rings is 2. The lowest BCUT2D eigenvalue weighted by atomic mass is 9.79. The Morgan fingerprint density at radius 2 is 1.42 bits per heavy atom. The molecule has 0 aromatic heterocycles. The van der Waals surface area contributed by atoms with Crippen molar-refractivity contribution >= 4 is 5.91 Å². The fraction of sp³-hybridized carbons (Fsp3) is 0.381. The topological polar surface area (TPSA) is 46.3 Å². The normalized spacial score (nSPS) is 25.5. The molecule has 2 aliphatic rings. The third kappa shape index (κ3) is 2.19. The van der Waals surface area contributed by atoms with Crippen LogP contribution in [0.25, 0.3) is 0 Å². The highest BCUT2D eigenvalue weighted by atomic mass is 16.1. The molecule has 124 valence electrons. The quantitative estimate of drug-likeness (QED) is 0.921. The summed E-state index contributed by atoms with van der Waals surface area (Å²) in [5, 5.41) is 0. The van der Waals surface area contributed by atoms with Gasteiger partial charge in [0.1, 0.15) is 0 Å². The lowest BCUT2D eigenvalue weighted by molar-refractivity contribution is -0.124. The number of nitrogens with two attached hydrogens (primary N) is 1. The Morgan fingerprint density at radius 3 is 1.88 bits per heavy atom. The Bertz CT molecular complexity index is 683. The van der Waals surface area contributed by atoms with Crippen LogP contribution in [0.2, 0.25) is 0 Å². The number of carbonyl (C=O) groups is 1. The first-order valence-electron chi connectivity index (χ1n) is 8.82. The van der Waals surface area contributed by atoms with E-state index in [1.54, 1.807) is 0 Å². The first kappa shape index (κ1) is 15.4. The van der Waals surface area contributed by atoms with Gasteiger partial charge >= 0.3 is 0 Å². The van der Waals surface area contributed by atoms with Gasteiger partial charge in [-0.25, -0.2) is 0 Å². The van der Waals surface area contributed by atoms with Crippen LogP contribution in [0.1, 0.15) is 30.4 Å². The summed E-state index contributed by atoms with van der Waals surface area (Å²) in [5.74, 6) is -0.165. The number of rotatable bonds is 5. The zero-order valence-corrected chi connectivity index (χ0v) is 13.9. The van der Waals surface area contributed by atoms with E-state index in [1.807, 2.05) is 12.1 Å². The molecule has 0 spiro atoms. The molecular formula is C21H24N2O. The number of amides is 1. The van der Waals surface area contributed by atoms with Gasteiger partial charge < -0.3 is 10.6 Å². The van der Waals surface area contributed by atoms with E-state index in [0.717, 1.165) is 26.1 Å². The van der Waals surface area contributed by atoms with Crippen LogP contribution in [-0.4, -0.2) is 30.4 Å². The van der Waals surface area contributed by atoms with Gasteiger partial charge in [0.25, 0.3) is 0 Å². The SMILES string of the molecule is NC(=O)C1(CN2CCCC2)CC1(c1ccccc1)c1ccccc1. The first-order chi connectivity index (χ1) is 11.7. The van der Waals surface area contributed by atoms with Gasteiger partial charge in [-0.05, 0) is 43.5 Å². The molecule has 4 rings (SSSR count). The van der Waals surface area contributed by atoms with E-state index in [1.165, 1.54) is 24.0 Å². The first-order valence-corrected chi connectivity index (χ1v) is 8.82. The molecule has 1 aliphatic heterocycles. The van der Waals surface area contributed by atoms with E-state index in [4.69, 9.17) is 5.73 Å². The van der Waals surface area contributed by atoms with Gasteiger partial charge in [-0.1, -0.05) is 60.7 Å². The average Bonchev–Trinajstić information content (AvgIpc) is 3.03.